The molecule has 98 valence electrons. The Morgan fingerprint density at radius 1 is 1.00 bits per heavy atom. The number of nitrogens with one attached hydrogen (secondary N) is 1. The summed E-state index contributed by atoms with van der Waals surface area (Å²) in [5.41, 5.74) is 5.35. The van der Waals surface area contributed by atoms with Gasteiger partial charge in [0, 0.05) is 25.5 Å². The maximum atomic E-state index is 3.65. The maximum Gasteiger partial charge on any atom is 0.0517 e. The van der Waals surface area contributed by atoms with Gasteiger partial charge in [0.1, 0.15) is 0 Å². The molecule has 2 aromatic rings. The molecule has 0 radical (unpaired) electrons. The molecule has 1 atom stereocenters. The Balaban J connectivity index is 1.81. The van der Waals surface area contributed by atoms with Gasteiger partial charge in [0.2, 0.25) is 0 Å². The van der Waals surface area contributed by atoms with Crippen molar-refractivity contribution in [1.29, 1.82) is 0 Å². The van der Waals surface area contributed by atoms with Gasteiger partial charge in [-0.2, -0.15) is 0 Å². The predicted octanol–water partition coefficient (Wildman–Crippen LogP) is 3.85. The molecular weight excluding hydrogens is 232 g/mol. The molecule has 1 aliphatic rings. The Morgan fingerprint density at radius 3 is 2.47 bits per heavy atom. The molecule has 0 aromatic heterocycles. The fraction of sp³-hybridized carbons (Fsp3) is 0.294. The van der Waals surface area contributed by atoms with E-state index >= 15 is 0 Å². The summed E-state index contributed by atoms with van der Waals surface area (Å²) >= 11 is 0. The van der Waals surface area contributed by atoms with Crippen LogP contribution in [0.5, 0.6) is 0 Å². The van der Waals surface area contributed by atoms with Crippen molar-refractivity contribution in [2.75, 3.05) is 24.3 Å². The average molecular weight is 252 g/mol. The zero-order chi connectivity index (χ0) is 13.2. The summed E-state index contributed by atoms with van der Waals surface area (Å²) in [5, 5.41) is 3.65. The first kappa shape index (κ1) is 12.1. The summed E-state index contributed by atoms with van der Waals surface area (Å²) in [6.07, 6.45) is 2.32. The minimum Gasteiger partial charge on any atom is -0.378 e. The van der Waals surface area contributed by atoms with Crippen molar-refractivity contribution in [2.24, 2.45) is 0 Å². The Morgan fingerprint density at radius 2 is 1.74 bits per heavy atom. The average Bonchev–Trinajstić information content (AvgIpc) is 2.47. The molecular formula is C17H20N2. The quantitative estimate of drug-likeness (QED) is 0.873. The fourth-order valence-electron chi connectivity index (χ4n) is 2.69. The van der Waals surface area contributed by atoms with E-state index in [9.17, 15) is 0 Å². The van der Waals surface area contributed by atoms with E-state index in [0.717, 1.165) is 6.42 Å². The lowest BCUT2D eigenvalue weighted by Gasteiger charge is -2.27. The van der Waals surface area contributed by atoms with Crippen LogP contribution in [0.3, 0.4) is 0 Å². The summed E-state index contributed by atoms with van der Waals surface area (Å²) in [5.74, 6) is 0. The van der Waals surface area contributed by atoms with E-state index in [4.69, 9.17) is 0 Å². The molecule has 0 saturated carbocycles. The maximum absolute atomic E-state index is 3.65. The number of hydrogen-bond donors (Lipinski definition) is 1. The van der Waals surface area contributed by atoms with E-state index in [0.29, 0.717) is 6.04 Å². The summed E-state index contributed by atoms with van der Waals surface area (Å²) in [6, 6.07) is 17.9. The number of aryl methyl sites for hydroxylation is 1. The number of fused-ring (bicyclic) bond motifs is 1. The molecule has 3 rings (SSSR count). The molecule has 1 unspecified atom stereocenters. The van der Waals surface area contributed by atoms with Gasteiger partial charge in [-0.25, -0.2) is 0 Å². The molecule has 0 aliphatic carbocycles. The summed E-state index contributed by atoms with van der Waals surface area (Å²) in [6.45, 7) is 0. The van der Waals surface area contributed by atoms with Crippen LogP contribution >= 0.6 is 0 Å². The van der Waals surface area contributed by atoms with Crippen LogP contribution in [0.2, 0.25) is 0 Å². The lowest BCUT2D eigenvalue weighted by Crippen LogP contribution is -2.18. The van der Waals surface area contributed by atoms with Crippen LogP contribution in [0.15, 0.2) is 48.5 Å². The highest BCUT2D eigenvalue weighted by molar-refractivity contribution is 5.55. The number of nitrogens with zero attached hydrogens (tertiary/aromatic N) is 1. The van der Waals surface area contributed by atoms with Crippen molar-refractivity contribution in [2.45, 2.75) is 18.9 Å². The van der Waals surface area contributed by atoms with Gasteiger partial charge in [0.05, 0.1) is 6.04 Å². The van der Waals surface area contributed by atoms with Gasteiger partial charge in [-0.1, -0.05) is 30.3 Å². The van der Waals surface area contributed by atoms with Crippen LogP contribution in [0, 0.1) is 0 Å². The van der Waals surface area contributed by atoms with Crippen molar-refractivity contribution in [3.05, 3.63) is 59.7 Å². The minimum absolute atomic E-state index is 0.436. The van der Waals surface area contributed by atoms with E-state index in [1.54, 1.807) is 0 Å². The third-order valence-electron chi connectivity index (χ3n) is 3.86. The smallest absolute Gasteiger partial charge is 0.0517 e. The number of anilines is 2. The SMILES string of the molecule is CN(C)c1ccc(C2CCc3ccccc3N2)cc1. The zero-order valence-corrected chi connectivity index (χ0v) is 11.6. The second-order valence-corrected chi connectivity index (χ2v) is 5.38. The van der Waals surface area contributed by atoms with Crippen molar-refractivity contribution in [1.82, 2.24) is 0 Å². The third-order valence-corrected chi connectivity index (χ3v) is 3.86. The molecule has 0 amide bonds. The van der Waals surface area contributed by atoms with Crippen LogP contribution in [0.4, 0.5) is 11.4 Å². The van der Waals surface area contributed by atoms with Crippen LogP contribution < -0.4 is 10.2 Å². The molecule has 1 aliphatic heterocycles. The first-order valence-corrected chi connectivity index (χ1v) is 6.86. The molecule has 0 saturated heterocycles. The summed E-state index contributed by atoms with van der Waals surface area (Å²) in [7, 11) is 4.15. The highest BCUT2D eigenvalue weighted by atomic mass is 15.1. The Hall–Kier alpha value is -1.96. The molecule has 2 aromatic carbocycles. The highest BCUT2D eigenvalue weighted by Gasteiger charge is 2.18. The molecule has 0 bridgehead atoms. The van der Waals surface area contributed by atoms with Gasteiger partial charge < -0.3 is 10.2 Å². The first-order valence-electron chi connectivity index (χ1n) is 6.86. The van der Waals surface area contributed by atoms with Gasteiger partial charge in [-0.05, 0) is 42.2 Å². The molecule has 2 heteroatoms. The number of rotatable bonds is 2. The van der Waals surface area contributed by atoms with E-state index in [1.807, 2.05) is 0 Å². The Bertz CT molecular complexity index is 558. The van der Waals surface area contributed by atoms with Crippen molar-refractivity contribution in [3.8, 4) is 0 Å². The van der Waals surface area contributed by atoms with Crippen LogP contribution in [-0.4, -0.2) is 14.1 Å². The molecule has 1 N–H and O–H groups in total. The van der Waals surface area contributed by atoms with E-state index in [2.05, 4.69) is 72.8 Å². The summed E-state index contributed by atoms with van der Waals surface area (Å²) < 4.78 is 0. The normalized spacial score (nSPS) is 17.5. The van der Waals surface area contributed by atoms with Gasteiger partial charge in [-0.15, -0.1) is 0 Å². The van der Waals surface area contributed by atoms with E-state index in [-0.39, 0.29) is 0 Å². The van der Waals surface area contributed by atoms with E-state index < -0.39 is 0 Å². The fourth-order valence-corrected chi connectivity index (χ4v) is 2.69. The molecule has 2 nitrogen and oxygen atoms in total. The minimum atomic E-state index is 0.436. The second kappa shape index (κ2) is 4.96. The van der Waals surface area contributed by atoms with Gasteiger partial charge in [-0.3, -0.25) is 0 Å². The van der Waals surface area contributed by atoms with Crippen molar-refractivity contribution in [3.63, 3.8) is 0 Å². The van der Waals surface area contributed by atoms with Crippen LogP contribution in [0.25, 0.3) is 0 Å². The monoisotopic (exact) mass is 252 g/mol. The topological polar surface area (TPSA) is 15.3 Å². The second-order valence-electron chi connectivity index (χ2n) is 5.38. The third kappa shape index (κ3) is 2.43. The first-order chi connectivity index (χ1) is 9.24. The van der Waals surface area contributed by atoms with Gasteiger partial charge in [0.15, 0.2) is 0 Å². The Kier molecular flexibility index (Phi) is 3.16. The van der Waals surface area contributed by atoms with E-state index in [1.165, 1.54) is 28.9 Å². The predicted molar refractivity (Wildman–Crippen MR) is 81.9 cm³/mol. The lowest BCUT2D eigenvalue weighted by atomic mass is 9.93. The molecule has 0 spiro atoms. The van der Waals surface area contributed by atoms with Crippen molar-refractivity contribution < 1.29 is 0 Å². The highest BCUT2D eigenvalue weighted by Crippen LogP contribution is 2.32. The van der Waals surface area contributed by atoms with Gasteiger partial charge in [0.25, 0.3) is 0 Å². The number of hydrogen-bond acceptors (Lipinski definition) is 2. The zero-order valence-electron chi connectivity index (χ0n) is 11.6. The molecule has 1 heterocycles. The molecule has 19 heavy (non-hydrogen) atoms. The number of benzene rings is 2. The Labute approximate surface area is 115 Å². The van der Waals surface area contributed by atoms with Crippen molar-refractivity contribution >= 4 is 11.4 Å². The molecule has 0 fully saturated rings. The largest absolute Gasteiger partial charge is 0.378 e. The lowest BCUT2D eigenvalue weighted by molar-refractivity contribution is 0.668. The standard InChI is InChI=1S/C17H20N2/c1-19(2)15-10-7-14(8-11-15)17-12-9-13-5-3-4-6-16(13)18-17/h3-8,10-11,17-18H,9,12H2,1-2H3. The summed E-state index contributed by atoms with van der Waals surface area (Å²) in [4.78, 5) is 2.13. The number of para-hydroxylation sites is 1. The van der Waals surface area contributed by atoms with Gasteiger partial charge >= 0.3 is 0 Å². The van der Waals surface area contributed by atoms with Crippen LogP contribution in [0.1, 0.15) is 23.6 Å². The van der Waals surface area contributed by atoms with Crippen LogP contribution in [-0.2, 0) is 6.42 Å².